The zero-order valence-corrected chi connectivity index (χ0v) is 12.7. The van der Waals surface area contributed by atoms with Gasteiger partial charge in [-0.1, -0.05) is 44.2 Å². The van der Waals surface area contributed by atoms with E-state index in [1.54, 1.807) is 11.8 Å². The molecule has 2 nitrogen and oxygen atoms in total. The standard InChI is InChI=1S/C16H23NOS/c1-13-8-14(2)10-17(9-13)16(18)12-19-11-15-6-4-3-5-7-15/h3-7,13-14H,8-12H2,1-2H3/t13-,14-/m0/s1. The first-order valence-electron chi connectivity index (χ1n) is 7.04. The second-order valence-electron chi connectivity index (χ2n) is 5.72. The van der Waals surface area contributed by atoms with E-state index in [0.717, 1.165) is 18.8 Å². The number of likely N-dealkylation sites (tertiary alicyclic amines) is 1. The predicted octanol–water partition coefficient (Wildman–Crippen LogP) is 3.42. The van der Waals surface area contributed by atoms with Crippen LogP contribution in [0.4, 0.5) is 0 Å². The zero-order chi connectivity index (χ0) is 13.7. The van der Waals surface area contributed by atoms with Crippen LogP contribution in [0, 0.1) is 11.8 Å². The quantitative estimate of drug-likeness (QED) is 0.840. The van der Waals surface area contributed by atoms with Crippen molar-refractivity contribution in [2.24, 2.45) is 11.8 Å². The Morgan fingerprint density at radius 1 is 1.21 bits per heavy atom. The maximum Gasteiger partial charge on any atom is 0.232 e. The van der Waals surface area contributed by atoms with E-state index in [-0.39, 0.29) is 0 Å². The summed E-state index contributed by atoms with van der Waals surface area (Å²) in [7, 11) is 0. The second kappa shape index (κ2) is 6.99. The minimum Gasteiger partial charge on any atom is -0.341 e. The lowest BCUT2D eigenvalue weighted by molar-refractivity contribution is -0.130. The fourth-order valence-electron chi connectivity index (χ4n) is 2.79. The topological polar surface area (TPSA) is 20.3 Å². The number of hydrogen-bond acceptors (Lipinski definition) is 2. The van der Waals surface area contributed by atoms with Gasteiger partial charge >= 0.3 is 0 Å². The third-order valence-corrected chi connectivity index (χ3v) is 4.55. The molecule has 2 rings (SSSR count). The highest BCUT2D eigenvalue weighted by molar-refractivity contribution is 7.99. The average Bonchev–Trinajstić information content (AvgIpc) is 2.38. The van der Waals surface area contributed by atoms with E-state index < -0.39 is 0 Å². The first-order chi connectivity index (χ1) is 9.15. The lowest BCUT2D eigenvalue weighted by Gasteiger charge is -2.35. The number of benzene rings is 1. The lowest BCUT2D eigenvalue weighted by Crippen LogP contribution is -2.43. The van der Waals surface area contributed by atoms with E-state index in [0.29, 0.717) is 23.5 Å². The summed E-state index contributed by atoms with van der Waals surface area (Å²) in [5, 5.41) is 0. The molecule has 1 aliphatic rings. The molecule has 1 heterocycles. The number of nitrogens with zero attached hydrogens (tertiary/aromatic N) is 1. The van der Waals surface area contributed by atoms with Crippen LogP contribution in [0.2, 0.25) is 0 Å². The summed E-state index contributed by atoms with van der Waals surface area (Å²) in [5.74, 6) is 3.12. The summed E-state index contributed by atoms with van der Waals surface area (Å²) < 4.78 is 0. The van der Waals surface area contributed by atoms with Gasteiger partial charge < -0.3 is 4.90 Å². The van der Waals surface area contributed by atoms with Crippen LogP contribution in [0.5, 0.6) is 0 Å². The van der Waals surface area contributed by atoms with Crippen molar-refractivity contribution >= 4 is 17.7 Å². The summed E-state index contributed by atoms with van der Waals surface area (Å²) in [6.45, 7) is 6.37. The monoisotopic (exact) mass is 277 g/mol. The Morgan fingerprint density at radius 2 is 1.84 bits per heavy atom. The van der Waals surface area contributed by atoms with E-state index in [9.17, 15) is 4.79 Å². The van der Waals surface area contributed by atoms with Gasteiger partial charge in [0.1, 0.15) is 0 Å². The Bertz CT molecular complexity index is 396. The minimum atomic E-state index is 0.305. The van der Waals surface area contributed by atoms with Gasteiger partial charge in [0.2, 0.25) is 5.91 Å². The lowest BCUT2D eigenvalue weighted by atomic mass is 9.92. The molecule has 0 aliphatic carbocycles. The van der Waals surface area contributed by atoms with E-state index in [4.69, 9.17) is 0 Å². The van der Waals surface area contributed by atoms with E-state index in [2.05, 4.69) is 30.9 Å². The van der Waals surface area contributed by atoms with Crippen molar-refractivity contribution in [3.05, 3.63) is 35.9 Å². The molecule has 0 bridgehead atoms. The Kier molecular flexibility index (Phi) is 5.32. The van der Waals surface area contributed by atoms with E-state index in [1.807, 2.05) is 18.2 Å². The molecule has 104 valence electrons. The molecule has 1 aromatic carbocycles. The van der Waals surface area contributed by atoms with Gasteiger partial charge in [-0.2, -0.15) is 0 Å². The Balaban J connectivity index is 1.75. The maximum atomic E-state index is 12.2. The number of rotatable bonds is 4. The molecule has 1 saturated heterocycles. The highest BCUT2D eigenvalue weighted by atomic mass is 32.2. The van der Waals surface area contributed by atoms with E-state index >= 15 is 0 Å². The molecule has 1 amide bonds. The fraction of sp³-hybridized carbons (Fsp3) is 0.562. The molecular formula is C16H23NOS. The second-order valence-corrected chi connectivity index (χ2v) is 6.71. The summed E-state index contributed by atoms with van der Waals surface area (Å²) in [6.07, 6.45) is 1.25. The first kappa shape index (κ1) is 14.4. The highest BCUT2D eigenvalue weighted by Gasteiger charge is 2.24. The fourth-order valence-corrected chi connectivity index (χ4v) is 3.68. The van der Waals surface area contributed by atoms with Gasteiger partial charge in [0.25, 0.3) is 0 Å². The van der Waals surface area contributed by atoms with Crippen LogP contribution in [0.25, 0.3) is 0 Å². The molecule has 0 radical (unpaired) electrons. The Morgan fingerprint density at radius 3 is 2.47 bits per heavy atom. The van der Waals surface area contributed by atoms with Crippen LogP contribution in [-0.2, 0) is 10.5 Å². The van der Waals surface area contributed by atoms with Gasteiger partial charge in [-0.3, -0.25) is 4.79 Å². The van der Waals surface area contributed by atoms with Gasteiger partial charge in [0, 0.05) is 18.8 Å². The summed E-state index contributed by atoms with van der Waals surface area (Å²) in [5.41, 5.74) is 1.29. The first-order valence-corrected chi connectivity index (χ1v) is 8.20. The average molecular weight is 277 g/mol. The molecule has 0 aromatic heterocycles. The highest BCUT2D eigenvalue weighted by Crippen LogP contribution is 2.22. The van der Waals surface area contributed by atoms with Crippen molar-refractivity contribution in [2.75, 3.05) is 18.8 Å². The van der Waals surface area contributed by atoms with Crippen molar-refractivity contribution in [3.8, 4) is 0 Å². The number of amides is 1. The third kappa shape index (κ3) is 4.57. The molecule has 1 aromatic rings. The van der Waals surface area contributed by atoms with Crippen LogP contribution in [0.15, 0.2) is 30.3 Å². The summed E-state index contributed by atoms with van der Waals surface area (Å²) >= 11 is 1.72. The van der Waals surface area contributed by atoms with Crippen LogP contribution in [0.3, 0.4) is 0 Å². The largest absolute Gasteiger partial charge is 0.341 e. The van der Waals surface area contributed by atoms with E-state index in [1.165, 1.54) is 12.0 Å². The van der Waals surface area contributed by atoms with Crippen molar-refractivity contribution < 1.29 is 4.79 Å². The molecular weight excluding hydrogens is 254 g/mol. The SMILES string of the molecule is C[C@H]1C[C@H](C)CN(C(=O)CSCc2ccccc2)C1. The Hall–Kier alpha value is -0.960. The molecule has 1 aliphatic heterocycles. The van der Waals surface area contributed by atoms with Crippen LogP contribution < -0.4 is 0 Å². The van der Waals surface area contributed by atoms with Crippen molar-refractivity contribution in [1.82, 2.24) is 4.90 Å². The molecule has 2 atom stereocenters. The minimum absolute atomic E-state index is 0.305. The van der Waals surface area contributed by atoms with Gasteiger partial charge in [0.05, 0.1) is 5.75 Å². The van der Waals surface area contributed by atoms with Crippen molar-refractivity contribution in [2.45, 2.75) is 26.0 Å². The molecule has 0 N–H and O–H groups in total. The third-order valence-electron chi connectivity index (χ3n) is 3.56. The van der Waals surface area contributed by atoms with Crippen molar-refractivity contribution in [3.63, 3.8) is 0 Å². The van der Waals surface area contributed by atoms with Gasteiger partial charge in [0.15, 0.2) is 0 Å². The predicted molar refractivity (Wildman–Crippen MR) is 82.1 cm³/mol. The smallest absolute Gasteiger partial charge is 0.232 e. The number of piperidine rings is 1. The maximum absolute atomic E-state index is 12.2. The Labute approximate surface area is 120 Å². The van der Waals surface area contributed by atoms with Gasteiger partial charge in [-0.05, 0) is 23.8 Å². The molecule has 0 saturated carbocycles. The van der Waals surface area contributed by atoms with Gasteiger partial charge in [-0.25, -0.2) is 0 Å². The number of hydrogen-bond donors (Lipinski definition) is 0. The molecule has 19 heavy (non-hydrogen) atoms. The normalized spacial score (nSPS) is 23.4. The molecule has 3 heteroatoms. The van der Waals surface area contributed by atoms with Gasteiger partial charge in [-0.15, -0.1) is 11.8 Å². The number of carbonyl (C=O) groups excluding carboxylic acids is 1. The number of thioether (sulfide) groups is 1. The van der Waals surface area contributed by atoms with Crippen molar-refractivity contribution in [1.29, 1.82) is 0 Å². The zero-order valence-electron chi connectivity index (χ0n) is 11.8. The molecule has 1 fully saturated rings. The molecule has 0 unspecified atom stereocenters. The van der Waals surface area contributed by atoms with Crippen LogP contribution in [0.1, 0.15) is 25.8 Å². The number of carbonyl (C=O) groups is 1. The van der Waals surface area contributed by atoms with Crippen LogP contribution >= 0.6 is 11.8 Å². The van der Waals surface area contributed by atoms with Crippen LogP contribution in [-0.4, -0.2) is 29.6 Å². The summed E-state index contributed by atoms with van der Waals surface area (Å²) in [4.78, 5) is 14.2. The summed E-state index contributed by atoms with van der Waals surface area (Å²) in [6, 6.07) is 10.3. The molecule has 0 spiro atoms.